The molecule has 4 atom stereocenters. The summed E-state index contributed by atoms with van der Waals surface area (Å²) in [5, 5.41) is 10.3. The molecule has 2 saturated heterocycles. The van der Waals surface area contributed by atoms with Gasteiger partial charge in [0.05, 0.1) is 17.7 Å². The smallest absolute Gasteiger partial charge is 0.231 e. The van der Waals surface area contributed by atoms with Crippen molar-refractivity contribution in [1.29, 1.82) is 0 Å². The molecule has 2 aliphatic heterocycles. The van der Waals surface area contributed by atoms with Gasteiger partial charge in [0.25, 0.3) is 0 Å². The molecule has 0 spiro atoms. The first-order valence-corrected chi connectivity index (χ1v) is 12.3. The average Bonchev–Trinajstić information content (AvgIpc) is 3.37. The minimum absolute atomic E-state index is 0.122. The number of likely N-dealkylation sites (N-methyl/N-ethyl adjacent to an activating group) is 1. The van der Waals surface area contributed by atoms with Gasteiger partial charge in [0, 0.05) is 37.8 Å². The van der Waals surface area contributed by atoms with Crippen molar-refractivity contribution in [3.05, 3.63) is 53.0 Å². The van der Waals surface area contributed by atoms with Crippen LogP contribution in [-0.4, -0.2) is 76.6 Å². The Hall–Kier alpha value is -2.51. The van der Waals surface area contributed by atoms with Gasteiger partial charge in [-0.2, -0.15) is 0 Å². The number of carbonyl (C=O) groups is 1. The Morgan fingerprint density at radius 1 is 1.09 bits per heavy atom. The van der Waals surface area contributed by atoms with Crippen molar-refractivity contribution in [2.24, 2.45) is 0 Å². The van der Waals surface area contributed by atoms with Crippen LogP contribution in [0.1, 0.15) is 66.5 Å². The third kappa shape index (κ3) is 4.13. The number of carbonyl (C=O) groups excluding carboxylic acids is 1. The van der Waals surface area contributed by atoms with E-state index in [9.17, 15) is 9.90 Å². The normalized spacial score (nSPS) is 26.5. The Morgan fingerprint density at radius 3 is 2.48 bits per heavy atom. The van der Waals surface area contributed by atoms with Crippen molar-refractivity contribution < 1.29 is 9.90 Å². The van der Waals surface area contributed by atoms with E-state index in [0.717, 1.165) is 55.1 Å². The number of likely N-dealkylation sites (tertiary alicyclic amines) is 1. The van der Waals surface area contributed by atoms with Crippen LogP contribution in [0.2, 0.25) is 0 Å². The molecule has 1 N–H and O–H groups in total. The maximum Gasteiger partial charge on any atom is 0.231 e. The molecular formula is C26H35N5O2. The SMILES string of the molecule is Cc1ccc([C@H](C(=O)N2CCN(c3ncnc4c3[C@H](C)C[C@H]4O)CC2)[C@@H]2CCCN2C)cc1. The van der Waals surface area contributed by atoms with E-state index in [0.29, 0.717) is 19.5 Å². The van der Waals surface area contributed by atoms with Crippen LogP contribution in [0, 0.1) is 6.92 Å². The van der Waals surface area contributed by atoms with Gasteiger partial charge in [-0.05, 0) is 51.3 Å². The number of rotatable bonds is 4. The summed E-state index contributed by atoms with van der Waals surface area (Å²) in [6, 6.07) is 8.77. The average molecular weight is 450 g/mol. The zero-order valence-electron chi connectivity index (χ0n) is 19.9. The second-order valence-corrected chi connectivity index (χ2v) is 10.0. The zero-order valence-corrected chi connectivity index (χ0v) is 19.9. The molecule has 33 heavy (non-hydrogen) atoms. The lowest BCUT2D eigenvalue weighted by Crippen LogP contribution is -2.52. The van der Waals surface area contributed by atoms with Gasteiger partial charge in [-0.1, -0.05) is 36.8 Å². The second kappa shape index (κ2) is 9.03. The number of anilines is 1. The van der Waals surface area contributed by atoms with Crippen LogP contribution in [0.5, 0.6) is 0 Å². The molecule has 1 amide bonds. The van der Waals surface area contributed by atoms with Gasteiger partial charge >= 0.3 is 0 Å². The van der Waals surface area contributed by atoms with Crippen LogP contribution in [0.3, 0.4) is 0 Å². The molecule has 1 aliphatic carbocycles. The molecule has 1 aromatic carbocycles. The van der Waals surface area contributed by atoms with Gasteiger partial charge in [-0.15, -0.1) is 0 Å². The standard InChI is InChI=1S/C26H35N5O2/c1-17-6-8-19(9-7-17)23(20-5-4-10-29(20)3)26(33)31-13-11-30(12-14-31)25-22-18(2)15-21(32)24(22)27-16-28-25/h6-9,16,18,20-21,23,32H,4-5,10-15H2,1-3H3/t18-,20+,21-,23+/m1/s1. The van der Waals surface area contributed by atoms with Crippen molar-refractivity contribution in [1.82, 2.24) is 19.8 Å². The first-order chi connectivity index (χ1) is 15.9. The Labute approximate surface area is 196 Å². The van der Waals surface area contributed by atoms with Gasteiger partial charge in [0.1, 0.15) is 12.1 Å². The van der Waals surface area contributed by atoms with Gasteiger partial charge in [-0.25, -0.2) is 9.97 Å². The Morgan fingerprint density at radius 2 is 1.82 bits per heavy atom. The number of hydrogen-bond acceptors (Lipinski definition) is 6. The lowest BCUT2D eigenvalue weighted by molar-refractivity contribution is -0.134. The van der Waals surface area contributed by atoms with Crippen LogP contribution < -0.4 is 4.90 Å². The van der Waals surface area contributed by atoms with Crippen molar-refractivity contribution in [2.75, 3.05) is 44.7 Å². The summed E-state index contributed by atoms with van der Waals surface area (Å²) in [6.45, 7) is 8.15. The van der Waals surface area contributed by atoms with Crippen molar-refractivity contribution in [2.45, 2.75) is 57.1 Å². The number of fused-ring (bicyclic) bond motifs is 1. The van der Waals surface area contributed by atoms with E-state index < -0.39 is 6.10 Å². The number of piperazine rings is 1. The predicted molar refractivity (Wildman–Crippen MR) is 128 cm³/mol. The molecule has 2 aromatic rings. The highest BCUT2D eigenvalue weighted by Crippen LogP contribution is 2.43. The second-order valence-electron chi connectivity index (χ2n) is 10.0. The first-order valence-electron chi connectivity index (χ1n) is 12.3. The molecular weight excluding hydrogens is 414 g/mol. The maximum atomic E-state index is 13.9. The molecule has 3 heterocycles. The number of nitrogens with zero attached hydrogens (tertiary/aromatic N) is 5. The topological polar surface area (TPSA) is 72.8 Å². The summed E-state index contributed by atoms with van der Waals surface area (Å²) in [6.07, 6.45) is 3.97. The third-order valence-corrected chi connectivity index (χ3v) is 7.83. The molecule has 2 fully saturated rings. The number of aliphatic hydroxyl groups is 1. The highest BCUT2D eigenvalue weighted by Gasteiger charge is 2.39. The molecule has 5 rings (SSSR count). The summed E-state index contributed by atoms with van der Waals surface area (Å²) < 4.78 is 0. The monoisotopic (exact) mass is 449 g/mol. The number of aromatic nitrogens is 2. The van der Waals surface area contributed by atoms with E-state index in [1.54, 1.807) is 6.33 Å². The number of aliphatic hydroxyl groups excluding tert-OH is 1. The molecule has 1 aromatic heterocycles. The summed E-state index contributed by atoms with van der Waals surface area (Å²) in [5.74, 6) is 1.30. The zero-order chi connectivity index (χ0) is 23.1. The Balaban J connectivity index is 1.34. The predicted octanol–water partition coefficient (Wildman–Crippen LogP) is 2.85. The van der Waals surface area contributed by atoms with Crippen molar-refractivity contribution in [3.8, 4) is 0 Å². The first kappa shape index (κ1) is 22.3. The van der Waals surface area contributed by atoms with E-state index in [1.807, 2.05) is 4.90 Å². The van der Waals surface area contributed by atoms with E-state index in [-0.39, 0.29) is 23.8 Å². The molecule has 0 bridgehead atoms. The van der Waals surface area contributed by atoms with E-state index in [4.69, 9.17) is 0 Å². The number of hydrogen-bond donors (Lipinski definition) is 1. The van der Waals surface area contributed by atoms with Crippen LogP contribution in [0.4, 0.5) is 5.82 Å². The maximum absolute atomic E-state index is 13.9. The Bertz CT molecular complexity index is 1000. The van der Waals surface area contributed by atoms with Crippen molar-refractivity contribution >= 4 is 11.7 Å². The summed E-state index contributed by atoms with van der Waals surface area (Å²) in [5.41, 5.74) is 4.20. The van der Waals surface area contributed by atoms with Crippen LogP contribution in [0.15, 0.2) is 30.6 Å². The Kier molecular flexibility index (Phi) is 6.10. The quantitative estimate of drug-likeness (QED) is 0.774. The summed E-state index contributed by atoms with van der Waals surface area (Å²) in [4.78, 5) is 29.5. The fraction of sp³-hybridized carbons (Fsp3) is 0.577. The fourth-order valence-electron chi connectivity index (χ4n) is 5.95. The molecule has 0 unspecified atom stereocenters. The minimum atomic E-state index is -0.502. The molecule has 176 valence electrons. The molecule has 0 saturated carbocycles. The van der Waals surface area contributed by atoms with Crippen LogP contribution in [0.25, 0.3) is 0 Å². The third-order valence-electron chi connectivity index (χ3n) is 7.83. The minimum Gasteiger partial charge on any atom is -0.387 e. The molecule has 7 nitrogen and oxygen atoms in total. The summed E-state index contributed by atoms with van der Waals surface area (Å²) in [7, 11) is 2.15. The number of aryl methyl sites for hydroxylation is 1. The lowest BCUT2D eigenvalue weighted by atomic mass is 9.88. The largest absolute Gasteiger partial charge is 0.387 e. The van der Waals surface area contributed by atoms with Crippen LogP contribution in [-0.2, 0) is 4.79 Å². The highest BCUT2D eigenvalue weighted by molar-refractivity contribution is 5.85. The molecule has 0 radical (unpaired) electrons. The fourth-order valence-corrected chi connectivity index (χ4v) is 5.95. The van der Waals surface area contributed by atoms with E-state index >= 15 is 0 Å². The van der Waals surface area contributed by atoms with Gasteiger partial charge in [0.2, 0.25) is 5.91 Å². The van der Waals surface area contributed by atoms with E-state index in [2.05, 4.69) is 64.9 Å². The molecule has 7 heteroatoms. The lowest BCUT2D eigenvalue weighted by Gasteiger charge is -2.39. The van der Waals surface area contributed by atoms with Gasteiger partial charge in [0.15, 0.2) is 0 Å². The number of benzene rings is 1. The van der Waals surface area contributed by atoms with Gasteiger partial charge in [-0.3, -0.25) is 4.79 Å². The number of amides is 1. The van der Waals surface area contributed by atoms with Crippen LogP contribution >= 0.6 is 0 Å². The molecule has 3 aliphatic rings. The van der Waals surface area contributed by atoms with Crippen molar-refractivity contribution in [3.63, 3.8) is 0 Å². The highest BCUT2D eigenvalue weighted by atomic mass is 16.3. The summed E-state index contributed by atoms with van der Waals surface area (Å²) >= 11 is 0. The van der Waals surface area contributed by atoms with Gasteiger partial charge < -0.3 is 19.8 Å². The van der Waals surface area contributed by atoms with E-state index in [1.165, 1.54) is 5.56 Å².